The van der Waals surface area contributed by atoms with Crippen LogP contribution in [-0.4, -0.2) is 30.2 Å². The fourth-order valence-electron chi connectivity index (χ4n) is 2.63. The molecule has 3 nitrogen and oxygen atoms in total. The summed E-state index contributed by atoms with van der Waals surface area (Å²) in [5.74, 6) is 0. The van der Waals surface area contributed by atoms with Crippen molar-refractivity contribution in [2.24, 2.45) is 0 Å². The normalized spacial score (nSPS) is 17.0. The number of rotatable bonds is 4. The number of carbonyl (C=O) groups excluding carboxylic acids is 1. The highest BCUT2D eigenvalue weighted by atomic mass is 16.5. The molecule has 108 valence electrons. The van der Waals surface area contributed by atoms with E-state index in [0.29, 0.717) is 0 Å². The molecule has 0 spiro atoms. The van der Waals surface area contributed by atoms with E-state index in [9.17, 15) is 4.79 Å². The predicted molar refractivity (Wildman–Crippen MR) is 79.2 cm³/mol. The monoisotopic (exact) mass is 265 g/mol. The molecule has 0 aromatic rings. The maximum absolute atomic E-state index is 12.0. The number of hydrogen-bond acceptors (Lipinski definition) is 2. The first-order valence-corrected chi connectivity index (χ1v) is 7.03. The van der Waals surface area contributed by atoms with E-state index >= 15 is 0 Å². The first kappa shape index (κ1) is 15.8. The first-order valence-electron chi connectivity index (χ1n) is 7.03. The van der Waals surface area contributed by atoms with Gasteiger partial charge in [0.2, 0.25) is 0 Å². The summed E-state index contributed by atoms with van der Waals surface area (Å²) in [6.07, 6.45) is 8.21. The van der Waals surface area contributed by atoms with Gasteiger partial charge in [0.25, 0.3) is 0 Å². The van der Waals surface area contributed by atoms with Crippen molar-refractivity contribution in [3.05, 3.63) is 23.3 Å². The Morgan fingerprint density at radius 2 is 1.68 bits per heavy atom. The van der Waals surface area contributed by atoms with Crippen LogP contribution in [0.5, 0.6) is 0 Å². The van der Waals surface area contributed by atoms with Crippen LogP contribution < -0.4 is 0 Å². The van der Waals surface area contributed by atoms with Gasteiger partial charge in [0, 0.05) is 6.54 Å². The molecular weight excluding hydrogens is 238 g/mol. The van der Waals surface area contributed by atoms with Gasteiger partial charge in [-0.3, -0.25) is 0 Å². The highest BCUT2D eigenvalue weighted by molar-refractivity contribution is 5.69. The van der Waals surface area contributed by atoms with Crippen molar-refractivity contribution in [3.63, 3.8) is 0 Å². The molecule has 0 aromatic carbocycles. The molecule has 1 aliphatic heterocycles. The van der Waals surface area contributed by atoms with Crippen LogP contribution in [0.25, 0.3) is 0 Å². The molecule has 1 rings (SSSR count). The zero-order valence-electron chi connectivity index (χ0n) is 13.0. The smallest absolute Gasteiger partial charge is 0.409 e. The number of ether oxygens (including phenoxy) is 1. The zero-order chi connectivity index (χ0) is 14.5. The van der Waals surface area contributed by atoms with Gasteiger partial charge in [0.05, 0.1) is 12.6 Å². The Balaban J connectivity index is 2.99. The molecule has 0 saturated carbocycles. The predicted octanol–water partition coefficient (Wildman–Crippen LogP) is 4.30. The summed E-state index contributed by atoms with van der Waals surface area (Å²) in [6, 6.07) is 0. The van der Waals surface area contributed by atoms with Crippen LogP contribution in [0.3, 0.4) is 0 Å². The number of likely N-dealkylation sites (tertiary alicyclic amines) is 1. The number of carbonyl (C=O) groups is 1. The van der Waals surface area contributed by atoms with Crippen molar-refractivity contribution >= 4 is 6.09 Å². The Kier molecular flexibility index (Phi) is 5.64. The molecule has 0 N–H and O–H groups in total. The van der Waals surface area contributed by atoms with Crippen molar-refractivity contribution < 1.29 is 9.53 Å². The van der Waals surface area contributed by atoms with Gasteiger partial charge >= 0.3 is 6.09 Å². The third-order valence-electron chi connectivity index (χ3n) is 3.77. The van der Waals surface area contributed by atoms with Crippen molar-refractivity contribution in [1.29, 1.82) is 0 Å². The second-order valence-electron chi connectivity index (χ2n) is 5.92. The maximum Gasteiger partial charge on any atom is 0.409 e. The number of hydrogen-bond donors (Lipinski definition) is 0. The molecule has 1 amide bonds. The molecular formula is C16H27NO2. The molecule has 1 saturated heterocycles. The molecule has 0 bridgehead atoms. The Morgan fingerprint density at radius 3 is 2.11 bits per heavy atom. The van der Waals surface area contributed by atoms with Gasteiger partial charge in [-0.05, 0) is 53.4 Å². The standard InChI is InChI=1S/C16H27NO2/c1-13(2)7-10-16(11-8-14(3)4)9-6-12-17(16)15(18)19-5/h7-8H,6,9-12H2,1-5H3. The Labute approximate surface area is 117 Å². The minimum atomic E-state index is -0.193. The molecule has 1 heterocycles. The number of methoxy groups -OCH3 is 1. The minimum Gasteiger partial charge on any atom is -0.453 e. The van der Waals surface area contributed by atoms with E-state index in [0.717, 1.165) is 32.2 Å². The van der Waals surface area contributed by atoms with E-state index in [-0.39, 0.29) is 11.6 Å². The summed E-state index contributed by atoms with van der Waals surface area (Å²) in [7, 11) is 1.47. The molecule has 1 fully saturated rings. The number of allylic oxidation sites excluding steroid dienone is 2. The van der Waals surface area contributed by atoms with Crippen LogP contribution in [0.2, 0.25) is 0 Å². The molecule has 0 aromatic heterocycles. The summed E-state index contributed by atoms with van der Waals surface area (Å²) in [5, 5.41) is 0. The van der Waals surface area contributed by atoms with Gasteiger partial charge in [-0.25, -0.2) is 4.79 Å². The maximum atomic E-state index is 12.0. The van der Waals surface area contributed by atoms with E-state index in [1.807, 2.05) is 4.90 Å². The molecule has 1 aliphatic rings. The summed E-state index contributed by atoms with van der Waals surface area (Å²) in [4.78, 5) is 13.9. The van der Waals surface area contributed by atoms with Crippen LogP contribution in [0.15, 0.2) is 23.3 Å². The van der Waals surface area contributed by atoms with Crippen LogP contribution in [0, 0.1) is 0 Å². The van der Waals surface area contributed by atoms with Crippen molar-refractivity contribution in [1.82, 2.24) is 4.90 Å². The number of nitrogens with zero attached hydrogens (tertiary/aromatic N) is 1. The average molecular weight is 265 g/mol. The highest BCUT2D eigenvalue weighted by Gasteiger charge is 2.42. The van der Waals surface area contributed by atoms with Crippen LogP contribution >= 0.6 is 0 Å². The fourth-order valence-corrected chi connectivity index (χ4v) is 2.63. The second-order valence-corrected chi connectivity index (χ2v) is 5.92. The summed E-state index contributed by atoms with van der Waals surface area (Å²) in [6.45, 7) is 9.22. The quantitative estimate of drug-likeness (QED) is 0.709. The topological polar surface area (TPSA) is 29.5 Å². The third-order valence-corrected chi connectivity index (χ3v) is 3.77. The lowest BCUT2D eigenvalue weighted by Gasteiger charge is -2.36. The van der Waals surface area contributed by atoms with Gasteiger partial charge in [0.1, 0.15) is 0 Å². The SMILES string of the molecule is COC(=O)N1CCCC1(CC=C(C)C)CC=C(C)C. The first-order chi connectivity index (χ1) is 8.91. The van der Waals surface area contributed by atoms with E-state index in [1.54, 1.807) is 0 Å². The van der Waals surface area contributed by atoms with E-state index in [1.165, 1.54) is 18.3 Å². The Morgan fingerprint density at radius 1 is 1.16 bits per heavy atom. The van der Waals surface area contributed by atoms with Gasteiger partial charge in [-0.15, -0.1) is 0 Å². The lowest BCUT2D eigenvalue weighted by molar-refractivity contribution is 0.0869. The number of amides is 1. The van der Waals surface area contributed by atoms with Crippen LogP contribution in [0.1, 0.15) is 53.4 Å². The van der Waals surface area contributed by atoms with Gasteiger partial charge in [-0.2, -0.15) is 0 Å². The molecule has 19 heavy (non-hydrogen) atoms. The van der Waals surface area contributed by atoms with Gasteiger partial charge < -0.3 is 9.64 Å². The highest BCUT2D eigenvalue weighted by Crippen LogP contribution is 2.37. The van der Waals surface area contributed by atoms with Crippen molar-refractivity contribution in [2.75, 3.05) is 13.7 Å². The molecule has 0 aliphatic carbocycles. The van der Waals surface area contributed by atoms with E-state index in [4.69, 9.17) is 4.74 Å². The van der Waals surface area contributed by atoms with Gasteiger partial charge in [0.15, 0.2) is 0 Å². The van der Waals surface area contributed by atoms with E-state index < -0.39 is 0 Å². The van der Waals surface area contributed by atoms with Gasteiger partial charge in [-0.1, -0.05) is 23.3 Å². The Hall–Kier alpha value is -1.25. The molecule has 0 radical (unpaired) electrons. The van der Waals surface area contributed by atoms with Crippen molar-refractivity contribution in [3.8, 4) is 0 Å². The zero-order valence-corrected chi connectivity index (χ0v) is 13.0. The molecule has 0 atom stereocenters. The minimum absolute atomic E-state index is 0.0956. The Bertz CT molecular complexity index is 354. The average Bonchev–Trinajstić information content (AvgIpc) is 2.77. The van der Waals surface area contributed by atoms with E-state index in [2.05, 4.69) is 39.8 Å². The fraction of sp³-hybridized carbons (Fsp3) is 0.688. The molecule has 3 heteroatoms. The summed E-state index contributed by atoms with van der Waals surface area (Å²) >= 11 is 0. The third kappa shape index (κ3) is 4.12. The lowest BCUT2D eigenvalue weighted by Crippen LogP contribution is -2.46. The summed E-state index contributed by atoms with van der Waals surface area (Å²) < 4.78 is 4.95. The summed E-state index contributed by atoms with van der Waals surface area (Å²) in [5.41, 5.74) is 2.50. The second kappa shape index (κ2) is 6.78. The van der Waals surface area contributed by atoms with Crippen LogP contribution in [0.4, 0.5) is 4.79 Å². The van der Waals surface area contributed by atoms with Crippen molar-refractivity contribution in [2.45, 2.75) is 58.9 Å². The molecule has 0 unspecified atom stereocenters. The lowest BCUT2D eigenvalue weighted by atomic mass is 9.87. The van der Waals surface area contributed by atoms with Crippen LogP contribution in [-0.2, 0) is 4.74 Å². The largest absolute Gasteiger partial charge is 0.453 e.